The highest BCUT2D eigenvalue weighted by molar-refractivity contribution is 6.08. The number of carbonyl (C=O) groups is 1. The van der Waals surface area contributed by atoms with E-state index >= 15 is 0 Å². The second-order valence-electron chi connectivity index (χ2n) is 12.0. The van der Waals surface area contributed by atoms with E-state index < -0.39 is 0 Å². The van der Waals surface area contributed by atoms with Gasteiger partial charge in [0.25, 0.3) is 0 Å². The van der Waals surface area contributed by atoms with E-state index in [1.807, 2.05) is 0 Å². The van der Waals surface area contributed by atoms with Gasteiger partial charge in [0.1, 0.15) is 0 Å². The van der Waals surface area contributed by atoms with E-state index in [0.717, 1.165) is 44.8 Å². The molecule has 0 rings (SSSR count). The number of esters is 1. The van der Waals surface area contributed by atoms with Crippen LogP contribution in [-0.2, 0) is 19.0 Å². The van der Waals surface area contributed by atoms with Crippen molar-refractivity contribution < 1.29 is 19.0 Å². The first-order valence-electron chi connectivity index (χ1n) is 14.7. The van der Waals surface area contributed by atoms with E-state index in [1.165, 1.54) is 12.8 Å². The van der Waals surface area contributed by atoms with Crippen molar-refractivity contribution in [3.8, 4) is 0 Å². The average molecular weight is 495 g/mol. The van der Waals surface area contributed by atoms with Gasteiger partial charge in [-0.1, -0.05) is 93.8 Å². The SMILES string of the molecule is [B]CCCCCCOC(=O)CCC(OCC(CCC(C)C)C(C)C)OCC(CCC(C)C)C(C)C. The smallest absolute Gasteiger partial charge is 0.305 e. The first kappa shape index (κ1) is 34.5. The molecule has 0 N–H and O–H groups in total. The summed E-state index contributed by atoms with van der Waals surface area (Å²) in [5, 5.41) is 0. The third-order valence-corrected chi connectivity index (χ3v) is 7.05. The van der Waals surface area contributed by atoms with Gasteiger partial charge < -0.3 is 14.2 Å². The van der Waals surface area contributed by atoms with Crippen LogP contribution in [0.3, 0.4) is 0 Å². The summed E-state index contributed by atoms with van der Waals surface area (Å²) in [6.07, 6.45) is 10.1. The summed E-state index contributed by atoms with van der Waals surface area (Å²) >= 11 is 0. The van der Waals surface area contributed by atoms with E-state index in [4.69, 9.17) is 22.1 Å². The van der Waals surface area contributed by atoms with Gasteiger partial charge in [0, 0.05) is 6.42 Å². The summed E-state index contributed by atoms with van der Waals surface area (Å²) in [7, 11) is 5.53. The second-order valence-corrected chi connectivity index (χ2v) is 12.0. The largest absolute Gasteiger partial charge is 0.466 e. The highest BCUT2D eigenvalue weighted by Gasteiger charge is 2.22. The van der Waals surface area contributed by atoms with Crippen LogP contribution in [0.4, 0.5) is 0 Å². The monoisotopic (exact) mass is 494 g/mol. The molecule has 0 aliphatic heterocycles. The van der Waals surface area contributed by atoms with Gasteiger partial charge in [0.15, 0.2) is 6.29 Å². The first-order chi connectivity index (χ1) is 16.6. The maximum absolute atomic E-state index is 12.3. The number of hydrogen-bond acceptors (Lipinski definition) is 4. The van der Waals surface area contributed by atoms with E-state index in [1.54, 1.807) is 0 Å². The summed E-state index contributed by atoms with van der Waals surface area (Å²) in [4.78, 5) is 12.3. The van der Waals surface area contributed by atoms with Gasteiger partial charge >= 0.3 is 5.97 Å². The van der Waals surface area contributed by atoms with Crippen molar-refractivity contribution in [3.63, 3.8) is 0 Å². The zero-order valence-electron chi connectivity index (χ0n) is 24.7. The molecule has 0 saturated carbocycles. The van der Waals surface area contributed by atoms with Crippen LogP contribution in [-0.4, -0.2) is 39.9 Å². The topological polar surface area (TPSA) is 44.8 Å². The van der Waals surface area contributed by atoms with Crippen molar-refractivity contribution >= 4 is 13.8 Å². The molecule has 0 aromatic carbocycles. The van der Waals surface area contributed by atoms with Crippen molar-refractivity contribution in [2.24, 2.45) is 35.5 Å². The Labute approximate surface area is 220 Å². The quantitative estimate of drug-likeness (QED) is 0.0621. The predicted octanol–water partition coefficient (Wildman–Crippen LogP) is 8.23. The van der Waals surface area contributed by atoms with Crippen LogP contribution >= 0.6 is 0 Å². The van der Waals surface area contributed by atoms with E-state index in [9.17, 15) is 4.79 Å². The molecule has 0 aromatic heterocycles. The zero-order valence-corrected chi connectivity index (χ0v) is 24.7. The van der Waals surface area contributed by atoms with Crippen molar-refractivity contribution in [1.82, 2.24) is 0 Å². The molecule has 0 bridgehead atoms. The van der Waals surface area contributed by atoms with Crippen LogP contribution in [0, 0.1) is 35.5 Å². The number of ether oxygens (including phenoxy) is 3. The Hall–Kier alpha value is -0.545. The third-order valence-electron chi connectivity index (χ3n) is 7.05. The minimum atomic E-state index is -0.354. The van der Waals surface area contributed by atoms with Crippen LogP contribution in [0.2, 0.25) is 6.32 Å². The molecule has 5 heteroatoms. The van der Waals surface area contributed by atoms with E-state index in [2.05, 4.69) is 55.4 Å². The van der Waals surface area contributed by atoms with Crippen LogP contribution < -0.4 is 0 Å². The second kappa shape index (κ2) is 21.5. The summed E-state index contributed by atoms with van der Waals surface area (Å²) in [6, 6.07) is 0. The predicted molar refractivity (Wildman–Crippen MR) is 150 cm³/mol. The maximum atomic E-state index is 12.3. The molecular weight excluding hydrogens is 435 g/mol. The molecule has 35 heavy (non-hydrogen) atoms. The Morgan fingerprint density at radius 2 is 1.14 bits per heavy atom. The maximum Gasteiger partial charge on any atom is 0.305 e. The molecule has 0 saturated heterocycles. The Morgan fingerprint density at radius 3 is 1.57 bits per heavy atom. The van der Waals surface area contributed by atoms with Crippen LogP contribution in [0.5, 0.6) is 0 Å². The van der Waals surface area contributed by atoms with Gasteiger partial charge in [-0.25, -0.2) is 0 Å². The molecular formula is C30H59BO4. The summed E-state index contributed by atoms with van der Waals surface area (Å²) in [5.41, 5.74) is 0. The first-order valence-corrected chi connectivity index (χ1v) is 14.7. The Kier molecular flexibility index (Phi) is 21.2. The van der Waals surface area contributed by atoms with Gasteiger partial charge in [-0.05, 0) is 54.8 Å². The van der Waals surface area contributed by atoms with Crippen LogP contribution in [0.1, 0.15) is 120 Å². The molecule has 2 radical (unpaired) electrons. The highest BCUT2D eigenvalue weighted by Crippen LogP contribution is 2.24. The lowest BCUT2D eigenvalue weighted by Crippen LogP contribution is -2.28. The van der Waals surface area contributed by atoms with Crippen molar-refractivity contribution in [1.29, 1.82) is 0 Å². The summed E-state index contributed by atoms with van der Waals surface area (Å²) in [5.74, 6) is 3.38. The number of carbonyl (C=O) groups excluding carboxylic acids is 1. The summed E-state index contributed by atoms with van der Waals surface area (Å²) < 4.78 is 18.1. The fourth-order valence-electron chi connectivity index (χ4n) is 4.08. The van der Waals surface area contributed by atoms with Gasteiger partial charge in [-0.15, -0.1) is 0 Å². The lowest BCUT2D eigenvalue weighted by atomic mass is 9.89. The standard InChI is InChI=1S/C30H59BO4/c1-23(2)13-15-27(25(5)6)21-34-30(35-22-28(26(7)8)16-14-24(3)4)18-17-29(32)33-20-12-10-9-11-19-31/h23-28,30H,9-22H2,1-8H3. The summed E-state index contributed by atoms with van der Waals surface area (Å²) in [6.45, 7) is 20.1. The molecule has 0 aliphatic carbocycles. The van der Waals surface area contributed by atoms with Crippen LogP contribution in [0.25, 0.3) is 0 Å². The van der Waals surface area contributed by atoms with E-state index in [-0.39, 0.29) is 12.3 Å². The van der Waals surface area contributed by atoms with Gasteiger partial charge in [0.2, 0.25) is 0 Å². The molecule has 0 aromatic rings. The van der Waals surface area contributed by atoms with Crippen LogP contribution in [0.15, 0.2) is 0 Å². The molecule has 206 valence electrons. The molecule has 0 spiro atoms. The Bertz CT molecular complexity index is 465. The molecule has 0 heterocycles. The minimum absolute atomic E-state index is 0.151. The lowest BCUT2D eigenvalue weighted by molar-refractivity contribution is -0.171. The van der Waals surface area contributed by atoms with E-state index in [0.29, 0.717) is 68.2 Å². The highest BCUT2D eigenvalue weighted by atomic mass is 16.7. The Morgan fingerprint density at radius 1 is 0.657 bits per heavy atom. The molecule has 2 atom stereocenters. The van der Waals surface area contributed by atoms with Crippen molar-refractivity contribution in [3.05, 3.63) is 0 Å². The van der Waals surface area contributed by atoms with Crippen molar-refractivity contribution in [2.75, 3.05) is 19.8 Å². The molecule has 0 amide bonds. The average Bonchev–Trinajstić information content (AvgIpc) is 2.77. The zero-order chi connectivity index (χ0) is 26.6. The number of unbranched alkanes of at least 4 members (excludes halogenated alkanes) is 3. The molecule has 4 nitrogen and oxygen atoms in total. The fourth-order valence-corrected chi connectivity index (χ4v) is 4.08. The van der Waals surface area contributed by atoms with Gasteiger partial charge in [-0.2, -0.15) is 0 Å². The van der Waals surface area contributed by atoms with Gasteiger partial charge in [0.05, 0.1) is 34.1 Å². The third kappa shape index (κ3) is 20.2. The lowest BCUT2D eigenvalue weighted by Gasteiger charge is -2.28. The number of hydrogen-bond donors (Lipinski definition) is 0. The van der Waals surface area contributed by atoms with Gasteiger partial charge in [-0.3, -0.25) is 4.79 Å². The molecule has 0 aliphatic rings. The molecule has 0 fully saturated rings. The Balaban J connectivity index is 4.83. The number of rotatable bonds is 23. The minimum Gasteiger partial charge on any atom is -0.466 e. The van der Waals surface area contributed by atoms with Crippen molar-refractivity contribution in [2.45, 2.75) is 132 Å². The fraction of sp³-hybridized carbons (Fsp3) is 0.967. The molecule has 2 unspecified atom stereocenters. The normalized spacial score (nSPS) is 14.7.